The highest BCUT2D eigenvalue weighted by molar-refractivity contribution is 7.91. The minimum Gasteiger partial charge on any atom is -0.330 e. The van der Waals surface area contributed by atoms with Crippen molar-refractivity contribution in [3.8, 4) is 0 Å². The van der Waals surface area contributed by atoms with Crippen LogP contribution in [0.3, 0.4) is 0 Å². The smallest absolute Gasteiger partial charge is 0.152 e. The van der Waals surface area contributed by atoms with Gasteiger partial charge in [-0.25, -0.2) is 8.42 Å². The van der Waals surface area contributed by atoms with Crippen LogP contribution in [-0.2, 0) is 9.84 Å². The van der Waals surface area contributed by atoms with E-state index >= 15 is 0 Å². The van der Waals surface area contributed by atoms with Crippen LogP contribution in [0.1, 0.15) is 26.2 Å². The van der Waals surface area contributed by atoms with Crippen LogP contribution in [0.4, 0.5) is 0 Å². The molecule has 1 unspecified atom stereocenters. The highest BCUT2D eigenvalue weighted by Crippen LogP contribution is 2.22. The van der Waals surface area contributed by atoms with Crippen molar-refractivity contribution >= 4 is 9.84 Å². The maximum absolute atomic E-state index is 11.3. The molecule has 0 bridgehead atoms. The van der Waals surface area contributed by atoms with Crippen molar-refractivity contribution < 1.29 is 8.42 Å². The molecule has 1 aliphatic heterocycles. The first-order valence-electron chi connectivity index (χ1n) is 5.13. The molecule has 0 saturated carbocycles. The Bertz CT molecular complexity index is 277. The molecule has 1 fully saturated rings. The average Bonchev–Trinajstić information content (AvgIpc) is 2.36. The summed E-state index contributed by atoms with van der Waals surface area (Å²) < 4.78 is 22.6. The fourth-order valence-corrected chi connectivity index (χ4v) is 3.93. The van der Waals surface area contributed by atoms with Gasteiger partial charge < -0.3 is 11.1 Å². The Hall–Kier alpha value is -0.130. The SMILES string of the molecule is CC1(NCCCCN)CCS(=O)(=O)C1. The highest BCUT2D eigenvalue weighted by Gasteiger charge is 2.37. The topological polar surface area (TPSA) is 72.2 Å². The Kier molecular flexibility index (Phi) is 3.92. The molecule has 1 saturated heterocycles. The van der Waals surface area contributed by atoms with Crippen LogP contribution < -0.4 is 11.1 Å². The number of rotatable bonds is 5. The van der Waals surface area contributed by atoms with Crippen molar-refractivity contribution in [2.45, 2.75) is 31.7 Å². The van der Waals surface area contributed by atoms with Gasteiger partial charge in [0.1, 0.15) is 0 Å². The first-order chi connectivity index (χ1) is 6.47. The molecule has 0 aromatic rings. The van der Waals surface area contributed by atoms with Gasteiger partial charge in [0.2, 0.25) is 0 Å². The minimum absolute atomic E-state index is 0.201. The first-order valence-corrected chi connectivity index (χ1v) is 6.95. The zero-order valence-corrected chi connectivity index (χ0v) is 9.57. The van der Waals surface area contributed by atoms with Crippen molar-refractivity contribution in [1.82, 2.24) is 5.32 Å². The summed E-state index contributed by atoms with van der Waals surface area (Å²) in [6.45, 7) is 3.56. The third-order valence-electron chi connectivity index (χ3n) is 2.69. The summed E-state index contributed by atoms with van der Waals surface area (Å²) in [7, 11) is -2.78. The van der Waals surface area contributed by atoms with Crippen molar-refractivity contribution in [1.29, 1.82) is 0 Å². The van der Waals surface area contributed by atoms with E-state index in [0.717, 1.165) is 25.8 Å². The molecule has 0 amide bonds. The number of unbranched alkanes of at least 4 members (excludes halogenated alkanes) is 1. The summed E-state index contributed by atoms with van der Waals surface area (Å²) >= 11 is 0. The first kappa shape index (κ1) is 11.9. The summed E-state index contributed by atoms with van der Waals surface area (Å²) in [6.07, 6.45) is 2.75. The quantitative estimate of drug-likeness (QED) is 0.634. The standard InChI is InChI=1S/C9H20N2O2S/c1-9(11-6-3-2-5-10)4-7-14(12,13)8-9/h11H,2-8,10H2,1H3. The van der Waals surface area contributed by atoms with Gasteiger partial charge in [0.25, 0.3) is 0 Å². The third kappa shape index (κ3) is 3.55. The van der Waals surface area contributed by atoms with Gasteiger partial charge in [-0.1, -0.05) is 0 Å². The second-order valence-electron chi connectivity index (χ2n) is 4.33. The molecule has 1 rings (SSSR count). The molecule has 0 radical (unpaired) electrons. The van der Waals surface area contributed by atoms with Gasteiger partial charge in [-0.3, -0.25) is 0 Å². The Labute approximate surface area is 86.2 Å². The van der Waals surface area contributed by atoms with Crippen LogP contribution in [-0.4, -0.2) is 38.6 Å². The lowest BCUT2D eigenvalue weighted by Gasteiger charge is -2.23. The van der Waals surface area contributed by atoms with Gasteiger partial charge in [-0.2, -0.15) is 0 Å². The van der Waals surface area contributed by atoms with E-state index in [1.807, 2.05) is 6.92 Å². The summed E-state index contributed by atoms with van der Waals surface area (Å²) in [6, 6.07) is 0. The fraction of sp³-hybridized carbons (Fsp3) is 1.00. The van der Waals surface area contributed by atoms with Crippen molar-refractivity contribution in [3.63, 3.8) is 0 Å². The molecule has 1 atom stereocenters. The molecule has 5 heteroatoms. The van der Waals surface area contributed by atoms with E-state index in [-0.39, 0.29) is 11.3 Å². The van der Waals surface area contributed by atoms with Crippen LogP contribution >= 0.6 is 0 Å². The lowest BCUT2D eigenvalue weighted by molar-refractivity contribution is 0.393. The molecular weight excluding hydrogens is 200 g/mol. The predicted octanol–water partition coefficient (Wildman–Crippen LogP) is -0.108. The number of sulfone groups is 1. The normalized spacial score (nSPS) is 30.7. The molecule has 1 heterocycles. The molecular formula is C9H20N2O2S. The summed E-state index contributed by atoms with van der Waals surface area (Å²) in [4.78, 5) is 0. The van der Waals surface area contributed by atoms with Crippen LogP contribution in [0.5, 0.6) is 0 Å². The van der Waals surface area contributed by atoms with Gasteiger partial charge >= 0.3 is 0 Å². The summed E-state index contributed by atoms with van der Waals surface area (Å²) in [5.41, 5.74) is 5.17. The van der Waals surface area contributed by atoms with Crippen LogP contribution in [0.25, 0.3) is 0 Å². The molecule has 3 N–H and O–H groups in total. The van der Waals surface area contributed by atoms with Crippen LogP contribution in [0, 0.1) is 0 Å². The number of nitrogens with one attached hydrogen (secondary N) is 1. The van der Waals surface area contributed by atoms with Crippen molar-refractivity contribution in [3.05, 3.63) is 0 Å². The predicted molar refractivity (Wildman–Crippen MR) is 58.0 cm³/mol. The van der Waals surface area contributed by atoms with Crippen LogP contribution in [0.15, 0.2) is 0 Å². The minimum atomic E-state index is -2.78. The Morgan fingerprint density at radius 1 is 1.43 bits per heavy atom. The Morgan fingerprint density at radius 2 is 2.14 bits per heavy atom. The lowest BCUT2D eigenvalue weighted by Crippen LogP contribution is -2.43. The van der Waals surface area contributed by atoms with E-state index in [4.69, 9.17) is 5.73 Å². The van der Waals surface area contributed by atoms with Gasteiger partial charge in [0, 0.05) is 5.54 Å². The van der Waals surface area contributed by atoms with E-state index in [2.05, 4.69) is 5.32 Å². The van der Waals surface area contributed by atoms with Gasteiger partial charge in [0.05, 0.1) is 11.5 Å². The zero-order valence-electron chi connectivity index (χ0n) is 8.75. The van der Waals surface area contributed by atoms with E-state index in [0.29, 0.717) is 12.3 Å². The summed E-state index contributed by atoms with van der Waals surface area (Å²) in [5.74, 6) is 0.607. The van der Waals surface area contributed by atoms with Gasteiger partial charge in [-0.05, 0) is 39.3 Å². The van der Waals surface area contributed by atoms with Crippen molar-refractivity contribution in [2.75, 3.05) is 24.6 Å². The lowest BCUT2D eigenvalue weighted by atomic mass is 10.0. The molecule has 84 valence electrons. The zero-order chi connectivity index (χ0) is 10.7. The highest BCUT2D eigenvalue weighted by atomic mass is 32.2. The molecule has 4 nitrogen and oxygen atoms in total. The van der Waals surface area contributed by atoms with Gasteiger partial charge in [-0.15, -0.1) is 0 Å². The molecule has 0 aromatic heterocycles. The van der Waals surface area contributed by atoms with E-state index in [1.54, 1.807) is 0 Å². The maximum atomic E-state index is 11.3. The average molecular weight is 220 g/mol. The van der Waals surface area contributed by atoms with Gasteiger partial charge in [0.15, 0.2) is 9.84 Å². The molecule has 0 aromatic carbocycles. The van der Waals surface area contributed by atoms with E-state index in [1.165, 1.54) is 0 Å². The molecule has 0 spiro atoms. The number of hydrogen-bond acceptors (Lipinski definition) is 4. The fourth-order valence-electron chi connectivity index (χ4n) is 1.81. The third-order valence-corrected chi connectivity index (χ3v) is 4.59. The molecule has 1 aliphatic rings. The molecule has 0 aliphatic carbocycles. The number of hydrogen-bond donors (Lipinski definition) is 2. The second-order valence-corrected chi connectivity index (χ2v) is 6.51. The van der Waals surface area contributed by atoms with E-state index < -0.39 is 9.84 Å². The monoisotopic (exact) mass is 220 g/mol. The maximum Gasteiger partial charge on any atom is 0.152 e. The molecule has 14 heavy (non-hydrogen) atoms. The Balaban J connectivity index is 2.30. The summed E-state index contributed by atoms with van der Waals surface area (Å²) in [5, 5.41) is 3.31. The van der Waals surface area contributed by atoms with Crippen molar-refractivity contribution in [2.24, 2.45) is 5.73 Å². The van der Waals surface area contributed by atoms with E-state index in [9.17, 15) is 8.42 Å². The van der Waals surface area contributed by atoms with Crippen LogP contribution in [0.2, 0.25) is 0 Å². The largest absolute Gasteiger partial charge is 0.330 e. The number of nitrogens with two attached hydrogens (primary N) is 1. The second kappa shape index (κ2) is 4.59. The Morgan fingerprint density at radius 3 is 2.64 bits per heavy atom.